The highest BCUT2D eigenvalue weighted by molar-refractivity contribution is 5.83. The Hall–Kier alpha value is -1.85. The van der Waals surface area contributed by atoms with Crippen LogP contribution in [0, 0.1) is 0 Å². The predicted molar refractivity (Wildman–Crippen MR) is 100 cm³/mol. The molecule has 2 fully saturated rings. The highest BCUT2D eigenvalue weighted by Gasteiger charge is 2.19. The van der Waals surface area contributed by atoms with Crippen LogP contribution in [0.2, 0.25) is 0 Å². The van der Waals surface area contributed by atoms with E-state index < -0.39 is 0 Å². The number of ether oxygens (including phenoxy) is 2. The first kappa shape index (κ1) is 16.6. The van der Waals surface area contributed by atoms with Gasteiger partial charge in [-0.2, -0.15) is 0 Å². The topological polar surface area (TPSA) is 46.6 Å². The number of pyridine rings is 1. The minimum atomic E-state index is 0.368. The lowest BCUT2D eigenvalue weighted by atomic mass is 10.1. The molecule has 2 saturated heterocycles. The number of nitrogens with one attached hydrogen (secondary N) is 1. The Morgan fingerprint density at radius 3 is 2.88 bits per heavy atom. The second kappa shape index (κ2) is 7.58. The lowest BCUT2D eigenvalue weighted by Gasteiger charge is -2.21. The average Bonchev–Trinajstić information content (AvgIpc) is 3.34. The number of benzene rings is 1. The molecule has 4 rings (SSSR count). The summed E-state index contributed by atoms with van der Waals surface area (Å²) in [5.74, 6) is 1.98. The van der Waals surface area contributed by atoms with Crippen molar-refractivity contribution in [2.24, 2.45) is 0 Å². The van der Waals surface area contributed by atoms with Gasteiger partial charge in [0, 0.05) is 49.8 Å². The predicted octanol–water partition coefficient (Wildman–Crippen LogP) is 3.11. The zero-order valence-electron chi connectivity index (χ0n) is 15.0. The zero-order valence-corrected chi connectivity index (χ0v) is 15.0. The Balaban J connectivity index is 1.58. The average molecular weight is 341 g/mol. The quantitative estimate of drug-likeness (QED) is 0.875. The molecule has 3 heterocycles. The van der Waals surface area contributed by atoms with Gasteiger partial charge in [-0.25, -0.2) is 4.98 Å². The second-order valence-corrected chi connectivity index (χ2v) is 6.99. The Bertz CT molecular complexity index is 722. The number of nitrogens with zero attached hydrogens (tertiary/aromatic N) is 2. The van der Waals surface area contributed by atoms with Gasteiger partial charge in [-0.3, -0.25) is 0 Å². The van der Waals surface area contributed by atoms with Crippen LogP contribution in [-0.2, 0) is 11.3 Å². The van der Waals surface area contributed by atoms with Gasteiger partial charge in [-0.05, 0) is 43.9 Å². The summed E-state index contributed by atoms with van der Waals surface area (Å²) in [4.78, 5) is 7.41. The fraction of sp³-hybridized carbons (Fsp3) is 0.550. The molecule has 0 unspecified atom stereocenters. The van der Waals surface area contributed by atoms with Crippen molar-refractivity contribution in [1.82, 2.24) is 10.3 Å². The van der Waals surface area contributed by atoms with Crippen LogP contribution in [0.1, 0.15) is 31.2 Å². The van der Waals surface area contributed by atoms with Crippen LogP contribution in [0.5, 0.6) is 5.75 Å². The molecule has 0 saturated carbocycles. The van der Waals surface area contributed by atoms with Crippen LogP contribution < -0.4 is 15.0 Å². The molecule has 0 aliphatic carbocycles. The Morgan fingerprint density at radius 1 is 1.24 bits per heavy atom. The van der Waals surface area contributed by atoms with Crippen LogP contribution in [0.4, 0.5) is 5.82 Å². The fourth-order valence-electron chi connectivity index (χ4n) is 3.81. The number of anilines is 1. The van der Waals surface area contributed by atoms with Crippen molar-refractivity contribution in [2.45, 2.75) is 38.3 Å². The first-order chi connectivity index (χ1) is 12.3. The number of hydrogen-bond donors (Lipinski definition) is 1. The first-order valence-corrected chi connectivity index (χ1v) is 9.38. The van der Waals surface area contributed by atoms with Gasteiger partial charge in [0.25, 0.3) is 0 Å². The minimum absolute atomic E-state index is 0.368. The fourth-order valence-corrected chi connectivity index (χ4v) is 3.81. The molecule has 2 aliphatic rings. The van der Waals surface area contributed by atoms with E-state index in [1.165, 1.54) is 31.2 Å². The molecule has 134 valence electrons. The van der Waals surface area contributed by atoms with Gasteiger partial charge in [0.05, 0.1) is 18.7 Å². The Labute approximate surface area is 149 Å². The van der Waals surface area contributed by atoms with Gasteiger partial charge in [-0.15, -0.1) is 0 Å². The van der Waals surface area contributed by atoms with E-state index in [9.17, 15) is 0 Å². The van der Waals surface area contributed by atoms with E-state index in [0.29, 0.717) is 6.10 Å². The van der Waals surface area contributed by atoms with Crippen molar-refractivity contribution in [3.8, 4) is 5.75 Å². The highest BCUT2D eigenvalue weighted by atomic mass is 16.5. The lowest BCUT2D eigenvalue weighted by molar-refractivity contribution is 0.110. The monoisotopic (exact) mass is 341 g/mol. The van der Waals surface area contributed by atoms with E-state index in [1.807, 2.05) is 12.1 Å². The first-order valence-electron chi connectivity index (χ1n) is 9.38. The normalized spacial score (nSPS) is 20.5. The standard InChI is InChI=1S/C20H27N3O2/c1-24-17-7-6-15-11-16(13-21-14-18-5-4-10-25-18)20(22-19(15)12-17)23-8-2-3-9-23/h6-7,11-12,18,21H,2-5,8-10,13-14H2,1H3/t18-/m1/s1. The molecular formula is C20H27N3O2. The van der Waals surface area contributed by atoms with Crippen molar-refractivity contribution in [3.63, 3.8) is 0 Å². The van der Waals surface area contributed by atoms with Crippen LogP contribution in [0.15, 0.2) is 24.3 Å². The Kier molecular flexibility index (Phi) is 5.04. The maximum atomic E-state index is 5.71. The lowest BCUT2D eigenvalue weighted by Crippen LogP contribution is -2.27. The molecule has 1 aromatic heterocycles. The van der Waals surface area contributed by atoms with Gasteiger partial charge >= 0.3 is 0 Å². The second-order valence-electron chi connectivity index (χ2n) is 6.99. The van der Waals surface area contributed by atoms with Gasteiger partial charge in [0.1, 0.15) is 11.6 Å². The molecule has 2 aromatic rings. The number of aromatic nitrogens is 1. The van der Waals surface area contributed by atoms with Crippen LogP contribution in [0.25, 0.3) is 10.9 Å². The van der Waals surface area contributed by atoms with Crippen molar-refractivity contribution in [3.05, 3.63) is 29.8 Å². The Morgan fingerprint density at radius 2 is 2.12 bits per heavy atom. The molecule has 0 radical (unpaired) electrons. The molecular weight excluding hydrogens is 314 g/mol. The number of fused-ring (bicyclic) bond motifs is 1. The summed E-state index contributed by atoms with van der Waals surface area (Å²) in [6, 6.07) is 8.40. The molecule has 2 aliphatic heterocycles. The van der Waals surface area contributed by atoms with E-state index in [2.05, 4.69) is 22.3 Å². The molecule has 0 spiro atoms. The minimum Gasteiger partial charge on any atom is -0.497 e. The summed E-state index contributed by atoms with van der Waals surface area (Å²) in [6.45, 7) is 4.86. The molecule has 25 heavy (non-hydrogen) atoms. The summed E-state index contributed by atoms with van der Waals surface area (Å²) in [6.07, 6.45) is 5.22. The highest BCUT2D eigenvalue weighted by Crippen LogP contribution is 2.28. The van der Waals surface area contributed by atoms with Crippen molar-refractivity contribution < 1.29 is 9.47 Å². The van der Waals surface area contributed by atoms with E-state index in [4.69, 9.17) is 14.5 Å². The summed E-state index contributed by atoms with van der Waals surface area (Å²) in [7, 11) is 1.70. The smallest absolute Gasteiger partial charge is 0.133 e. The van der Waals surface area contributed by atoms with Crippen LogP contribution in [0.3, 0.4) is 0 Å². The van der Waals surface area contributed by atoms with E-state index in [1.54, 1.807) is 7.11 Å². The van der Waals surface area contributed by atoms with E-state index >= 15 is 0 Å². The molecule has 1 aromatic carbocycles. The van der Waals surface area contributed by atoms with Gasteiger partial charge in [0.2, 0.25) is 0 Å². The number of methoxy groups -OCH3 is 1. The largest absolute Gasteiger partial charge is 0.497 e. The SMILES string of the molecule is COc1ccc2cc(CNC[C@H]3CCCO3)c(N3CCCC3)nc2c1. The molecule has 5 nitrogen and oxygen atoms in total. The molecule has 5 heteroatoms. The zero-order chi connectivity index (χ0) is 17.1. The van der Waals surface area contributed by atoms with Gasteiger partial charge in [0.15, 0.2) is 0 Å². The van der Waals surface area contributed by atoms with Crippen molar-refractivity contribution in [1.29, 1.82) is 0 Å². The summed E-state index contributed by atoms with van der Waals surface area (Å²) in [5, 5.41) is 4.74. The van der Waals surface area contributed by atoms with E-state index in [0.717, 1.165) is 55.3 Å². The van der Waals surface area contributed by atoms with Crippen LogP contribution >= 0.6 is 0 Å². The maximum absolute atomic E-state index is 5.71. The van der Waals surface area contributed by atoms with Crippen LogP contribution in [-0.4, -0.2) is 44.4 Å². The summed E-state index contributed by atoms with van der Waals surface area (Å²) in [5.41, 5.74) is 2.28. The van der Waals surface area contributed by atoms with Crippen molar-refractivity contribution in [2.75, 3.05) is 38.3 Å². The third kappa shape index (κ3) is 3.72. The van der Waals surface area contributed by atoms with Crippen molar-refractivity contribution >= 4 is 16.7 Å². The van der Waals surface area contributed by atoms with Gasteiger partial charge < -0.3 is 19.7 Å². The third-order valence-corrected chi connectivity index (χ3v) is 5.20. The van der Waals surface area contributed by atoms with Gasteiger partial charge in [-0.1, -0.05) is 0 Å². The van der Waals surface area contributed by atoms with E-state index in [-0.39, 0.29) is 0 Å². The summed E-state index contributed by atoms with van der Waals surface area (Å²) >= 11 is 0. The molecule has 1 atom stereocenters. The maximum Gasteiger partial charge on any atom is 0.133 e. The molecule has 1 N–H and O–H groups in total. The number of rotatable bonds is 6. The summed E-state index contributed by atoms with van der Waals surface area (Å²) < 4.78 is 11.1. The third-order valence-electron chi connectivity index (χ3n) is 5.20. The molecule has 0 amide bonds. The number of hydrogen-bond acceptors (Lipinski definition) is 5. The molecule has 0 bridgehead atoms.